The largest absolute Gasteiger partial charge is 0.395 e. The Bertz CT molecular complexity index is 1250. The van der Waals surface area contributed by atoms with Gasteiger partial charge in [-0.3, -0.25) is 5.43 Å². The van der Waals surface area contributed by atoms with Crippen LogP contribution < -0.4 is 10.7 Å². The van der Waals surface area contributed by atoms with Crippen molar-refractivity contribution in [3.63, 3.8) is 0 Å². The van der Waals surface area contributed by atoms with Gasteiger partial charge < -0.3 is 20.0 Å². The first-order valence-corrected chi connectivity index (χ1v) is 8.73. The van der Waals surface area contributed by atoms with E-state index in [1.807, 2.05) is 39.7 Å². The molecule has 0 amide bonds. The molecule has 0 unspecified atom stereocenters. The smallest absolute Gasteiger partial charge is 0.208 e. The maximum atomic E-state index is 9.18. The summed E-state index contributed by atoms with van der Waals surface area (Å²) < 4.78 is 3.66. The lowest BCUT2D eigenvalue weighted by atomic mass is 10.3. The number of aliphatic hydroxyl groups excluding tert-OH is 1. The molecule has 4 heterocycles. The molecule has 4 aromatic heterocycles. The molecule has 0 saturated heterocycles. The lowest BCUT2D eigenvalue weighted by molar-refractivity contribution is 0.277. The van der Waals surface area contributed by atoms with Gasteiger partial charge in [-0.1, -0.05) is 0 Å². The predicted molar refractivity (Wildman–Crippen MR) is 105 cm³/mol. The molecular formula is C18H17N9O. The maximum absolute atomic E-state index is 9.18. The molecule has 28 heavy (non-hydrogen) atoms. The van der Waals surface area contributed by atoms with E-state index in [9.17, 15) is 5.11 Å². The number of hydrogen-bond donors (Lipinski definition) is 4. The van der Waals surface area contributed by atoms with Gasteiger partial charge in [0.25, 0.3) is 0 Å². The molecule has 0 aliphatic carbocycles. The van der Waals surface area contributed by atoms with Crippen LogP contribution in [0.5, 0.6) is 0 Å². The zero-order chi connectivity index (χ0) is 18.9. The predicted octanol–water partition coefficient (Wildman–Crippen LogP) is 2.12. The summed E-state index contributed by atoms with van der Waals surface area (Å²) in [4.78, 5) is 20.4. The second-order valence-electron chi connectivity index (χ2n) is 6.18. The van der Waals surface area contributed by atoms with Crippen LogP contribution in [0.3, 0.4) is 0 Å². The van der Waals surface area contributed by atoms with Crippen molar-refractivity contribution in [1.29, 1.82) is 0 Å². The molecule has 4 N–H and O–H groups in total. The number of nitrogens with one attached hydrogen (secondary N) is 3. The van der Waals surface area contributed by atoms with Crippen LogP contribution in [-0.4, -0.2) is 45.9 Å². The van der Waals surface area contributed by atoms with Crippen LogP contribution >= 0.6 is 0 Å². The average molecular weight is 375 g/mol. The van der Waals surface area contributed by atoms with Crippen LogP contribution in [0.15, 0.2) is 55.5 Å². The fraction of sp³-hybridized carbons (Fsp3) is 0.111. The molecule has 0 spiro atoms. The summed E-state index contributed by atoms with van der Waals surface area (Å²) in [5, 5.41) is 13.2. The van der Waals surface area contributed by atoms with Gasteiger partial charge in [0.1, 0.15) is 12.1 Å². The van der Waals surface area contributed by atoms with Crippen molar-refractivity contribution in [1.82, 2.24) is 34.2 Å². The van der Waals surface area contributed by atoms with Crippen molar-refractivity contribution < 1.29 is 5.11 Å². The van der Waals surface area contributed by atoms with Crippen molar-refractivity contribution in [3.8, 4) is 0 Å². The summed E-state index contributed by atoms with van der Waals surface area (Å²) >= 11 is 0. The number of hydrogen-bond acceptors (Lipinski definition) is 7. The number of fused-ring (bicyclic) bond motifs is 2. The van der Waals surface area contributed by atoms with Crippen molar-refractivity contribution in [3.05, 3.63) is 55.5 Å². The van der Waals surface area contributed by atoms with E-state index in [0.29, 0.717) is 18.3 Å². The highest BCUT2D eigenvalue weighted by molar-refractivity contribution is 5.89. The van der Waals surface area contributed by atoms with Gasteiger partial charge in [-0.25, -0.2) is 24.6 Å². The van der Waals surface area contributed by atoms with E-state index in [1.54, 1.807) is 18.7 Å². The Labute approximate surface area is 158 Å². The fourth-order valence-corrected chi connectivity index (χ4v) is 3.11. The van der Waals surface area contributed by atoms with Gasteiger partial charge in [-0.05, 0) is 24.3 Å². The third-order valence-corrected chi connectivity index (χ3v) is 4.44. The second-order valence-corrected chi connectivity index (χ2v) is 6.18. The van der Waals surface area contributed by atoms with E-state index in [1.165, 1.54) is 6.33 Å². The van der Waals surface area contributed by atoms with Crippen molar-refractivity contribution >= 4 is 39.5 Å². The quantitative estimate of drug-likeness (QED) is 0.359. The SMILES string of the molecule is OCCn1ccnc1Nc1ncnc2c1ccn2Nc1ccc2nc[nH]c2c1. The van der Waals surface area contributed by atoms with Crippen molar-refractivity contribution in [2.24, 2.45) is 0 Å². The lowest BCUT2D eigenvalue weighted by Crippen LogP contribution is -2.09. The highest BCUT2D eigenvalue weighted by Crippen LogP contribution is 2.24. The summed E-state index contributed by atoms with van der Waals surface area (Å²) in [7, 11) is 0. The van der Waals surface area contributed by atoms with Gasteiger partial charge in [-0.15, -0.1) is 0 Å². The summed E-state index contributed by atoms with van der Waals surface area (Å²) in [5.41, 5.74) is 6.82. The first-order valence-electron chi connectivity index (χ1n) is 8.73. The Hall–Kier alpha value is -3.92. The molecule has 5 aromatic rings. The Kier molecular flexibility index (Phi) is 3.87. The molecule has 0 aliphatic rings. The number of benzene rings is 1. The molecule has 5 rings (SSSR count). The maximum Gasteiger partial charge on any atom is 0.208 e. The Morgan fingerprint density at radius 1 is 1.07 bits per heavy atom. The lowest BCUT2D eigenvalue weighted by Gasteiger charge is -2.10. The minimum atomic E-state index is 0.0329. The van der Waals surface area contributed by atoms with Crippen LogP contribution in [0.1, 0.15) is 0 Å². The topological polar surface area (TPSA) is 122 Å². The minimum Gasteiger partial charge on any atom is -0.395 e. The molecular weight excluding hydrogens is 358 g/mol. The molecule has 140 valence electrons. The molecule has 0 radical (unpaired) electrons. The van der Waals surface area contributed by atoms with E-state index < -0.39 is 0 Å². The summed E-state index contributed by atoms with van der Waals surface area (Å²) in [6.07, 6.45) is 8.54. The molecule has 10 heteroatoms. The van der Waals surface area contributed by atoms with Crippen LogP contribution in [0.4, 0.5) is 17.5 Å². The molecule has 0 saturated carbocycles. The van der Waals surface area contributed by atoms with Gasteiger partial charge >= 0.3 is 0 Å². The Morgan fingerprint density at radius 3 is 2.96 bits per heavy atom. The van der Waals surface area contributed by atoms with Gasteiger partial charge in [0.2, 0.25) is 5.95 Å². The number of aromatic amines is 1. The van der Waals surface area contributed by atoms with Crippen LogP contribution in [-0.2, 0) is 6.54 Å². The van der Waals surface area contributed by atoms with Crippen molar-refractivity contribution in [2.45, 2.75) is 6.54 Å². The number of anilines is 3. The van der Waals surface area contributed by atoms with Gasteiger partial charge in [0.15, 0.2) is 5.65 Å². The van der Waals surface area contributed by atoms with E-state index in [0.717, 1.165) is 27.8 Å². The normalized spacial score (nSPS) is 11.3. The van der Waals surface area contributed by atoms with E-state index in [-0.39, 0.29) is 6.61 Å². The molecule has 0 bridgehead atoms. The summed E-state index contributed by atoms with van der Waals surface area (Å²) in [5.74, 6) is 1.25. The molecule has 0 atom stereocenters. The number of aliphatic hydroxyl groups is 1. The zero-order valence-electron chi connectivity index (χ0n) is 14.7. The zero-order valence-corrected chi connectivity index (χ0v) is 14.7. The minimum absolute atomic E-state index is 0.0329. The number of H-pyrrole nitrogens is 1. The number of rotatable bonds is 6. The highest BCUT2D eigenvalue weighted by atomic mass is 16.3. The van der Waals surface area contributed by atoms with Gasteiger partial charge in [0.05, 0.1) is 35.0 Å². The number of aromatic nitrogens is 7. The van der Waals surface area contributed by atoms with E-state index >= 15 is 0 Å². The summed E-state index contributed by atoms with van der Waals surface area (Å²) in [6.45, 7) is 0.487. The number of nitrogens with zero attached hydrogens (tertiary/aromatic N) is 6. The van der Waals surface area contributed by atoms with Gasteiger partial charge in [-0.2, -0.15) is 0 Å². The second kappa shape index (κ2) is 6.67. The average Bonchev–Trinajstić information content (AvgIpc) is 3.43. The fourth-order valence-electron chi connectivity index (χ4n) is 3.11. The van der Waals surface area contributed by atoms with Crippen LogP contribution in [0.2, 0.25) is 0 Å². The van der Waals surface area contributed by atoms with E-state index in [2.05, 4.69) is 35.7 Å². The first kappa shape index (κ1) is 16.3. The monoisotopic (exact) mass is 375 g/mol. The third kappa shape index (κ3) is 2.81. The summed E-state index contributed by atoms with van der Waals surface area (Å²) in [6, 6.07) is 7.82. The van der Waals surface area contributed by atoms with Crippen LogP contribution in [0.25, 0.3) is 22.1 Å². The first-order chi connectivity index (χ1) is 13.8. The van der Waals surface area contributed by atoms with Crippen molar-refractivity contribution in [2.75, 3.05) is 17.3 Å². The van der Waals surface area contributed by atoms with Gasteiger partial charge in [0, 0.05) is 25.1 Å². The molecule has 1 aromatic carbocycles. The molecule has 0 fully saturated rings. The van der Waals surface area contributed by atoms with Crippen LogP contribution in [0, 0.1) is 0 Å². The Balaban J connectivity index is 1.47. The molecule has 10 nitrogen and oxygen atoms in total. The Morgan fingerprint density at radius 2 is 2.04 bits per heavy atom. The molecule has 0 aliphatic heterocycles. The highest BCUT2D eigenvalue weighted by Gasteiger charge is 2.11. The standard InChI is InChI=1S/C18H17N9O/c28-8-7-26-6-4-19-18(26)24-16-13-3-5-27(17(13)23-11-22-16)25-12-1-2-14-15(9-12)21-10-20-14/h1-6,9-11,25,28H,7-8H2,(H,20,21)(H,19,22,23,24). The van der Waals surface area contributed by atoms with E-state index in [4.69, 9.17) is 0 Å². The third-order valence-electron chi connectivity index (χ3n) is 4.44. The number of imidazole rings is 2.